The number of nitrogens with zero attached hydrogens (tertiary/aromatic N) is 1. The Kier molecular flexibility index (Phi) is 4.43. The molecule has 1 N–H and O–H groups in total. The second-order valence-electron chi connectivity index (χ2n) is 4.63. The van der Waals surface area contributed by atoms with Gasteiger partial charge in [-0.2, -0.15) is 0 Å². The summed E-state index contributed by atoms with van der Waals surface area (Å²) in [5.41, 5.74) is 0. The van der Waals surface area contributed by atoms with E-state index in [9.17, 15) is 0 Å². The van der Waals surface area contributed by atoms with Crippen LogP contribution in [0.4, 0.5) is 0 Å². The maximum absolute atomic E-state index is 5.41. The van der Waals surface area contributed by atoms with Crippen molar-refractivity contribution in [3.05, 3.63) is 24.2 Å². The molecule has 1 fully saturated rings. The van der Waals surface area contributed by atoms with Crippen LogP contribution in [-0.4, -0.2) is 37.1 Å². The summed E-state index contributed by atoms with van der Waals surface area (Å²) in [6.45, 7) is 7.02. The minimum Gasteiger partial charge on any atom is -0.469 e. The molecule has 0 bridgehead atoms. The van der Waals surface area contributed by atoms with Crippen molar-refractivity contribution < 1.29 is 4.42 Å². The molecular weight excluding hydrogens is 200 g/mol. The van der Waals surface area contributed by atoms with Crippen molar-refractivity contribution >= 4 is 0 Å². The zero-order valence-electron chi connectivity index (χ0n) is 10.1. The predicted octanol–water partition coefficient (Wildman–Crippen LogP) is 1.90. The molecule has 0 amide bonds. The minimum absolute atomic E-state index is 0.587. The van der Waals surface area contributed by atoms with Gasteiger partial charge in [0.2, 0.25) is 0 Å². The Morgan fingerprint density at radius 1 is 1.38 bits per heavy atom. The number of hydrogen-bond donors (Lipinski definition) is 1. The van der Waals surface area contributed by atoms with Crippen molar-refractivity contribution in [1.29, 1.82) is 0 Å². The first-order valence-electron chi connectivity index (χ1n) is 6.33. The van der Waals surface area contributed by atoms with Crippen molar-refractivity contribution in [2.75, 3.05) is 26.2 Å². The summed E-state index contributed by atoms with van der Waals surface area (Å²) in [6.07, 6.45) is 5.30. The fourth-order valence-electron chi connectivity index (χ4n) is 2.34. The van der Waals surface area contributed by atoms with Crippen LogP contribution in [0.15, 0.2) is 22.8 Å². The number of hydrogen-bond acceptors (Lipinski definition) is 3. The zero-order chi connectivity index (χ0) is 11.2. The molecule has 2 rings (SSSR count). The van der Waals surface area contributed by atoms with Crippen LogP contribution in [0.25, 0.3) is 0 Å². The van der Waals surface area contributed by atoms with Gasteiger partial charge in [-0.05, 0) is 58.1 Å². The molecule has 1 aliphatic heterocycles. The summed E-state index contributed by atoms with van der Waals surface area (Å²) in [7, 11) is 0. The molecule has 0 spiro atoms. The molecule has 1 aromatic heterocycles. The third-order valence-corrected chi connectivity index (χ3v) is 3.30. The fraction of sp³-hybridized carbons (Fsp3) is 0.692. The first-order valence-corrected chi connectivity index (χ1v) is 6.33. The lowest BCUT2D eigenvalue weighted by Crippen LogP contribution is -2.40. The quantitative estimate of drug-likeness (QED) is 0.846. The van der Waals surface area contributed by atoms with E-state index >= 15 is 0 Å². The molecule has 1 unspecified atom stereocenters. The van der Waals surface area contributed by atoms with Crippen LogP contribution in [0.3, 0.4) is 0 Å². The van der Waals surface area contributed by atoms with Crippen LogP contribution in [0, 0.1) is 0 Å². The van der Waals surface area contributed by atoms with Crippen molar-refractivity contribution in [2.24, 2.45) is 0 Å². The number of furan rings is 1. The molecule has 2 heterocycles. The van der Waals surface area contributed by atoms with E-state index in [4.69, 9.17) is 4.42 Å². The van der Waals surface area contributed by atoms with Crippen molar-refractivity contribution in [3.8, 4) is 0 Å². The Balaban J connectivity index is 1.84. The van der Waals surface area contributed by atoms with E-state index in [1.54, 1.807) is 6.26 Å². The summed E-state index contributed by atoms with van der Waals surface area (Å²) < 4.78 is 5.41. The summed E-state index contributed by atoms with van der Waals surface area (Å²) in [5, 5.41) is 3.45. The number of rotatable bonds is 3. The van der Waals surface area contributed by atoms with Gasteiger partial charge in [-0.25, -0.2) is 0 Å². The molecule has 1 saturated heterocycles. The van der Waals surface area contributed by atoms with E-state index in [2.05, 4.69) is 23.2 Å². The third-order valence-electron chi connectivity index (χ3n) is 3.30. The van der Waals surface area contributed by atoms with Gasteiger partial charge in [-0.1, -0.05) is 0 Å². The molecule has 16 heavy (non-hydrogen) atoms. The van der Waals surface area contributed by atoms with E-state index in [1.165, 1.54) is 25.9 Å². The van der Waals surface area contributed by atoms with Gasteiger partial charge < -0.3 is 14.6 Å². The van der Waals surface area contributed by atoms with Crippen molar-refractivity contribution in [3.63, 3.8) is 0 Å². The molecule has 0 aliphatic carbocycles. The summed E-state index contributed by atoms with van der Waals surface area (Å²) in [4.78, 5) is 2.59. The summed E-state index contributed by atoms with van der Waals surface area (Å²) in [5.74, 6) is 1.10. The van der Waals surface area contributed by atoms with Gasteiger partial charge in [0, 0.05) is 12.5 Å². The lowest BCUT2D eigenvalue weighted by molar-refractivity contribution is 0.187. The smallest absolute Gasteiger partial charge is 0.105 e. The third kappa shape index (κ3) is 3.35. The van der Waals surface area contributed by atoms with E-state index in [-0.39, 0.29) is 0 Å². The molecule has 1 atom stereocenters. The Bertz CT molecular complexity index is 276. The van der Waals surface area contributed by atoms with Gasteiger partial charge in [0.05, 0.1) is 6.26 Å². The SMILES string of the molecule is CC(Cc1ccco1)N1CCCNCCC1. The predicted molar refractivity (Wildman–Crippen MR) is 65.6 cm³/mol. The Morgan fingerprint density at radius 2 is 2.12 bits per heavy atom. The molecule has 1 aliphatic rings. The van der Waals surface area contributed by atoms with Crippen LogP contribution in [0.2, 0.25) is 0 Å². The minimum atomic E-state index is 0.587. The zero-order valence-corrected chi connectivity index (χ0v) is 10.1. The van der Waals surface area contributed by atoms with Gasteiger partial charge in [0.1, 0.15) is 5.76 Å². The van der Waals surface area contributed by atoms with Gasteiger partial charge in [-0.3, -0.25) is 0 Å². The van der Waals surface area contributed by atoms with Crippen molar-refractivity contribution in [1.82, 2.24) is 10.2 Å². The van der Waals surface area contributed by atoms with Crippen LogP contribution < -0.4 is 5.32 Å². The summed E-state index contributed by atoms with van der Waals surface area (Å²) in [6, 6.07) is 4.63. The van der Waals surface area contributed by atoms with Gasteiger partial charge >= 0.3 is 0 Å². The van der Waals surface area contributed by atoms with E-state index in [0.29, 0.717) is 6.04 Å². The number of nitrogens with one attached hydrogen (secondary N) is 1. The second-order valence-corrected chi connectivity index (χ2v) is 4.63. The highest BCUT2D eigenvalue weighted by atomic mass is 16.3. The lowest BCUT2D eigenvalue weighted by Gasteiger charge is -2.30. The second kappa shape index (κ2) is 6.06. The van der Waals surface area contributed by atoms with Crippen LogP contribution in [0.1, 0.15) is 25.5 Å². The monoisotopic (exact) mass is 222 g/mol. The average molecular weight is 222 g/mol. The Hall–Kier alpha value is -0.800. The Morgan fingerprint density at radius 3 is 2.75 bits per heavy atom. The molecule has 1 aromatic rings. The first-order chi connectivity index (χ1) is 7.86. The van der Waals surface area contributed by atoms with E-state index in [0.717, 1.165) is 25.3 Å². The summed E-state index contributed by atoms with van der Waals surface area (Å²) >= 11 is 0. The molecule has 0 saturated carbocycles. The van der Waals surface area contributed by atoms with Crippen LogP contribution >= 0.6 is 0 Å². The average Bonchev–Trinajstić information content (AvgIpc) is 2.69. The van der Waals surface area contributed by atoms with Gasteiger partial charge in [-0.15, -0.1) is 0 Å². The molecule has 0 aromatic carbocycles. The first kappa shape index (κ1) is 11.7. The molecule has 3 heteroatoms. The highest BCUT2D eigenvalue weighted by Gasteiger charge is 2.15. The standard InChI is InChI=1S/C13H22N2O/c1-12(11-13-5-2-10-16-13)15-8-3-6-14-7-4-9-15/h2,5,10,12,14H,3-4,6-9,11H2,1H3. The topological polar surface area (TPSA) is 28.4 Å². The normalized spacial score (nSPS) is 21.3. The van der Waals surface area contributed by atoms with E-state index in [1.807, 2.05) is 6.07 Å². The van der Waals surface area contributed by atoms with Crippen LogP contribution in [-0.2, 0) is 6.42 Å². The highest BCUT2D eigenvalue weighted by Crippen LogP contribution is 2.11. The van der Waals surface area contributed by atoms with Crippen LogP contribution in [0.5, 0.6) is 0 Å². The van der Waals surface area contributed by atoms with Crippen molar-refractivity contribution in [2.45, 2.75) is 32.2 Å². The molecule has 0 radical (unpaired) electrons. The molecular formula is C13H22N2O. The van der Waals surface area contributed by atoms with E-state index < -0.39 is 0 Å². The maximum atomic E-state index is 5.41. The fourth-order valence-corrected chi connectivity index (χ4v) is 2.34. The highest BCUT2D eigenvalue weighted by molar-refractivity contribution is 5.00. The lowest BCUT2D eigenvalue weighted by atomic mass is 10.1. The molecule has 90 valence electrons. The van der Waals surface area contributed by atoms with Gasteiger partial charge in [0.25, 0.3) is 0 Å². The molecule has 3 nitrogen and oxygen atoms in total. The Labute approximate surface area is 97.8 Å². The maximum Gasteiger partial charge on any atom is 0.105 e. The largest absolute Gasteiger partial charge is 0.469 e. The van der Waals surface area contributed by atoms with Gasteiger partial charge in [0.15, 0.2) is 0 Å².